The number of methoxy groups -OCH3 is 1. The third-order valence-electron chi connectivity index (χ3n) is 7.88. The number of nitrogens with zero attached hydrogens (tertiary/aromatic N) is 3. The zero-order chi connectivity index (χ0) is 36.2. The highest BCUT2D eigenvalue weighted by molar-refractivity contribution is 6.06. The highest BCUT2D eigenvalue weighted by Gasteiger charge is 2.26. The summed E-state index contributed by atoms with van der Waals surface area (Å²) in [6.07, 6.45) is 0.0292. The van der Waals surface area contributed by atoms with Crippen molar-refractivity contribution in [3.8, 4) is 5.75 Å². The van der Waals surface area contributed by atoms with Gasteiger partial charge in [0.15, 0.2) is 6.61 Å². The molecule has 0 spiro atoms. The molecule has 0 aliphatic carbocycles. The molecule has 5 amide bonds. The minimum absolute atomic E-state index is 0.0292. The van der Waals surface area contributed by atoms with E-state index < -0.39 is 30.4 Å². The molecule has 260 valence electrons. The van der Waals surface area contributed by atoms with Gasteiger partial charge in [0.25, 0.3) is 5.91 Å². The molecule has 2 N–H and O–H groups in total. The molecule has 50 heavy (non-hydrogen) atoms. The summed E-state index contributed by atoms with van der Waals surface area (Å²) in [4.78, 5) is 69.2. The molecule has 0 fully saturated rings. The average molecular weight is 680 g/mol. The topological polar surface area (TPSA) is 138 Å². The van der Waals surface area contributed by atoms with Crippen LogP contribution in [0.1, 0.15) is 16.7 Å². The SMILES string of the molecule is COC(=O)Cc1cccc(NC(=O)NCC(=O)N(CC(=O)N(C)c2ccccc2)c2ccccc2OCC(=O)N(C)c2cc(C)ccc2C)c1. The lowest BCUT2D eigenvalue weighted by Gasteiger charge is -2.27. The molecule has 0 saturated carbocycles. The number of hydrogen-bond donors (Lipinski definition) is 2. The van der Waals surface area contributed by atoms with Crippen LogP contribution in [0.15, 0.2) is 97.1 Å². The van der Waals surface area contributed by atoms with Gasteiger partial charge in [0.05, 0.1) is 25.8 Å². The molecule has 0 aliphatic heterocycles. The van der Waals surface area contributed by atoms with Crippen molar-refractivity contribution >= 4 is 52.5 Å². The maximum absolute atomic E-state index is 13.8. The molecule has 4 aromatic carbocycles. The van der Waals surface area contributed by atoms with Gasteiger partial charge in [-0.05, 0) is 73.0 Å². The van der Waals surface area contributed by atoms with Crippen LogP contribution in [0.25, 0.3) is 0 Å². The number of aryl methyl sites for hydroxylation is 2. The highest BCUT2D eigenvalue weighted by Crippen LogP contribution is 2.29. The predicted molar refractivity (Wildman–Crippen MR) is 193 cm³/mol. The van der Waals surface area contributed by atoms with E-state index in [0.29, 0.717) is 16.9 Å². The van der Waals surface area contributed by atoms with E-state index in [-0.39, 0.29) is 36.9 Å². The first kappa shape index (κ1) is 36.7. The van der Waals surface area contributed by atoms with Crippen LogP contribution in [0.5, 0.6) is 5.75 Å². The Morgan fingerprint density at radius 1 is 0.720 bits per heavy atom. The zero-order valence-electron chi connectivity index (χ0n) is 28.8. The highest BCUT2D eigenvalue weighted by atomic mass is 16.5. The summed E-state index contributed by atoms with van der Waals surface area (Å²) in [6, 6.07) is 27.3. The Morgan fingerprint density at radius 3 is 2.18 bits per heavy atom. The second-order valence-corrected chi connectivity index (χ2v) is 11.5. The minimum Gasteiger partial charge on any atom is -0.482 e. The van der Waals surface area contributed by atoms with Crippen LogP contribution >= 0.6 is 0 Å². The first-order valence-electron chi connectivity index (χ1n) is 15.8. The van der Waals surface area contributed by atoms with Crippen molar-refractivity contribution in [3.63, 3.8) is 0 Å². The van der Waals surface area contributed by atoms with Crippen molar-refractivity contribution in [2.24, 2.45) is 0 Å². The maximum atomic E-state index is 13.8. The molecule has 0 saturated heterocycles. The lowest BCUT2D eigenvalue weighted by Crippen LogP contribution is -2.46. The number of likely N-dealkylation sites (N-methyl/N-ethyl adjacent to an activating group) is 2. The summed E-state index contributed by atoms with van der Waals surface area (Å²) in [5.41, 5.74) is 4.59. The van der Waals surface area contributed by atoms with Gasteiger partial charge in [-0.15, -0.1) is 0 Å². The van der Waals surface area contributed by atoms with E-state index in [9.17, 15) is 24.0 Å². The van der Waals surface area contributed by atoms with Crippen LogP contribution in [-0.2, 0) is 30.3 Å². The molecule has 12 nitrogen and oxygen atoms in total. The Bertz CT molecular complexity index is 1850. The molecule has 0 bridgehead atoms. The molecule has 0 atom stereocenters. The number of hydrogen-bond acceptors (Lipinski definition) is 7. The van der Waals surface area contributed by atoms with Crippen LogP contribution in [-0.4, -0.2) is 70.6 Å². The number of ether oxygens (including phenoxy) is 2. The largest absolute Gasteiger partial charge is 0.482 e. The lowest BCUT2D eigenvalue weighted by atomic mass is 10.1. The minimum atomic E-state index is -0.675. The first-order chi connectivity index (χ1) is 24.0. The number of carbonyl (C=O) groups excluding carboxylic acids is 5. The number of esters is 1. The maximum Gasteiger partial charge on any atom is 0.319 e. The molecule has 4 rings (SSSR count). The lowest BCUT2D eigenvalue weighted by molar-refractivity contribution is -0.139. The smallest absolute Gasteiger partial charge is 0.319 e. The number of benzene rings is 4. The third-order valence-corrected chi connectivity index (χ3v) is 7.88. The summed E-state index contributed by atoms with van der Waals surface area (Å²) < 4.78 is 10.7. The van der Waals surface area contributed by atoms with Crippen LogP contribution in [0.4, 0.5) is 27.5 Å². The molecule has 0 aliphatic rings. The van der Waals surface area contributed by atoms with Crippen molar-refractivity contribution in [2.75, 3.05) is 60.9 Å². The van der Waals surface area contributed by atoms with Gasteiger partial charge in [-0.1, -0.05) is 54.6 Å². The fourth-order valence-electron chi connectivity index (χ4n) is 5.02. The number of urea groups is 1. The molecule has 0 aromatic heterocycles. The Balaban J connectivity index is 1.52. The van der Waals surface area contributed by atoms with Gasteiger partial charge >= 0.3 is 12.0 Å². The fraction of sp³-hybridized carbons (Fsp3) is 0.237. The van der Waals surface area contributed by atoms with Crippen molar-refractivity contribution in [3.05, 3.63) is 114 Å². The number of amides is 5. The molecular weight excluding hydrogens is 638 g/mol. The molecule has 0 heterocycles. The summed E-state index contributed by atoms with van der Waals surface area (Å²) in [6.45, 7) is 2.66. The number of carbonyl (C=O) groups is 5. The van der Waals surface area contributed by atoms with Gasteiger partial charge in [-0.25, -0.2) is 4.79 Å². The molecule has 0 unspecified atom stereocenters. The number of para-hydroxylation sites is 3. The van der Waals surface area contributed by atoms with E-state index in [1.807, 2.05) is 38.1 Å². The standard InChI is InChI=1S/C38H41N5O7/c1-26-18-19-27(2)32(20-26)42(4)36(46)25-50-33-17-10-9-16-31(33)43(24-35(45)41(3)30-14-7-6-8-15-30)34(44)23-39-38(48)40-29-13-11-12-28(21-29)22-37(47)49-5/h6-21H,22-25H2,1-5H3,(H2,39,40,48). The number of anilines is 4. The Labute approximate surface area is 291 Å². The van der Waals surface area contributed by atoms with Gasteiger partial charge in [0, 0.05) is 31.2 Å². The molecule has 0 radical (unpaired) electrons. The van der Waals surface area contributed by atoms with Crippen LogP contribution < -0.4 is 30.1 Å². The summed E-state index contributed by atoms with van der Waals surface area (Å²) in [5, 5.41) is 5.19. The summed E-state index contributed by atoms with van der Waals surface area (Å²) in [7, 11) is 4.56. The van der Waals surface area contributed by atoms with E-state index in [4.69, 9.17) is 9.47 Å². The number of nitrogens with one attached hydrogen (secondary N) is 2. The third kappa shape index (κ3) is 9.92. The monoisotopic (exact) mass is 679 g/mol. The second-order valence-electron chi connectivity index (χ2n) is 11.5. The normalized spacial score (nSPS) is 10.4. The van der Waals surface area contributed by atoms with Crippen molar-refractivity contribution in [1.82, 2.24) is 5.32 Å². The molecule has 4 aromatic rings. The zero-order valence-corrected chi connectivity index (χ0v) is 28.8. The molecule has 12 heteroatoms. The predicted octanol–water partition coefficient (Wildman–Crippen LogP) is 4.88. The van der Waals surface area contributed by atoms with Gasteiger partial charge in [-0.2, -0.15) is 0 Å². The van der Waals surface area contributed by atoms with Crippen LogP contribution in [0.2, 0.25) is 0 Å². The van der Waals surface area contributed by atoms with E-state index in [1.165, 1.54) is 21.8 Å². The molecular formula is C38H41N5O7. The van der Waals surface area contributed by atoms with Crippen LogP contribution in [0.3, 0.4) is 0 Å². The quantitative estimate of drug-likeness (QED) is 0.192. The van der Waals surface area contributed by atoms with Crippen LogP contribution in [0, 0.1) is 13.8 Å². The van der Waals surface area contributed by atoms with Crippen molar-refractivity contribution in [2.45, 2.75) is 20.3 Å². The summed E-state index contributed by atoms with van der Waals surface area (Å²) >= 11 is 0. The van der Waals surface area contributed by atoms with Crippen molar-refractivity contribution < 1.29 is 33.4 Å². The van der Waals surface area contributed by atoms with E-state index in [2.05, 4.69) is 10.6 Å². The Hall–Kier alpha value is -6.17. The first-order valence-corrected chi connectivity index (χ1v) is 15.8. The fourth-order valence-corrected chi connectivity index (χ4v) is 5.02. The van der Waals surface area contributed by atoms with Gasteiger partial charge < -0.3 is 29.9 Å². The Morgan fingerprint density at radius 2 is 1.44 bits per heavy atom. The van der Waals surface area contributed by atoms with Gasteiger partial charge in [-0.3, -0.25) is 24.1 Å². The average Bonchev–Trinajstić information content (AvgIpc) is 3.12. The number of rotatable bonds is 13. The van der Waals surface area contributed by atoms with Crippen molar-refractivity contribution in [1.29, 1.82) is 0 Å². The van der Waals surface area contributed by atoms with E-state index >= 15 is 0 Å². The second kappa shape index (κ2) is 17.3. The van der Waals surface area contributed by atoms with Gasteiger partial charge in [0.2, 0.25) is 11.8 Å². The Kier molecular flexibility index (Phi) is 12.7. The van der Waals surface area contributed by atoms with E-state index in [0.717, 1.165) is 16.8 Å². The summed E-state index contributed by atoms with van der Waals surface area (Å²) in [5.74, 6) is -1.56. The van der Waals surface area contributed by atoms with Gasteiger partial charge in [0.1, 0.15) is 12.3 Å². The van der Waals surface area contributed by atoms with E-state index in [1.54, 1.807) is 86.9 Å².